The van der Waals surface area contributed by atoms with E-state index in [1.54, 1.807) is 6.20 Å². The van der Waals surface area contributed by atoms with Gasteiger partial charge in [-0.15, -0.1) is 0 Å². The molecule has 0 aromatic carbocycles. The van der Waals surface area contributed by atoms with Crippen molar-refractivity contribution in [3.8, 4) is 0 Å². The zero-order valence-corrected chi connectivity index (χ0v) is 12.8. The number of rotatable bonds is 6. The first-order valence-electron chi connectivity index (χ1n) is 7.05. The van der Waals surface area contributed by atoms with Gasteiger partial charge in [0.1, 0.15) is 11.9 Å². The van der Waals surface area contributed by atoms with Gasteiger partial charge in [0.25, 0.3) is 0 Å². The van der Waals surface area contributed by atoms with Gasteiger partial charge >= 0.3 is 0 Å². The van der Waals surface area contributed by atoms with Gasteiger partial charge in [0, 0.05) is 17.3 Å². The maximum Gasteiger partial charge on any atom is 0.129 e. The number of anilines is 1. The molecule has 0 radical (unpaired) electrons. The topological polar surface area (TPSA) is 62.4 Å². The van der Waals surface area contributed by atoms with Crippen LogP contribution in [0.2, 0.25) is 0 Å². The van der Waals surface area contributed by atoms with E-state index in [0.717, 1.165) is 30.6 Å². The first-order valence-corrected chi connectivity index (χ1v) is 7.05. The van der Waals surface area contributed by atoms with Crippen molar-refractivity contribution in [3.05, 3.63) is 23.4 Å². The van der Waals surface area contributed by atoms with Gasteiger partial charge in [0.2, 0.25) is 0 Å². The molecule has 0 amide bonds. The van der Waals surface area contributed by atoms with E-state index in [1.807, 2.05) is 13.0 Å². The first kappa shape index (κ1) is 15.9. The summed E-state index contributed by atoms with van der Waals surface area (Å²) in [5, 5.41) is 10.8. The molecule has 0 aliphatic rings. The molecule has 0 saturated heterocycles. The lowest BCUT2D eigenvalue weighted by Gasteiger charge is -2.43. The number of likely N-dealkylation sites (N-methyl/N-ethyl adjacent to an activating group) is 1. The van der Waals surface area contributed by atoms with Gasteiger partial charge in [-0.25, -0.2) is 4.98 Å². The van der Waals surface area contributed by atoms with Gasteiger partial charge in [-0.2, -0.15) is 0 Å². The summed E-state index contributed by atoms with van der Waals surface area (Å²) in [5.74, 6) is 0.421. The Hall–Kier alpha value is -1.13. The Morgan fingerprint density at radius 2 is 1.95 bits per heavy atom. The van der Waals surface area contributed by atoms with E-state index in [1.165, 1.54) is 0 Å². The SMILES string of the molecule is CCN(CC)C(C)(CC)C(O)c1cc(C)cnc1N. The van der Waals surface area contributed by atoms with E-state index in [4.69, 9.17) is 5.73 Å². The molecule has 108 valence electrons. The van der Waals surface area contributed by atoms with Crippen LogP contribution < -0.4 is 5.73 Å². The number of aliphatic hydroxyl groups excluding tert-OH is 1. The van der Waals surface area contributed by atoms with Crippen molar-refractivity contribution in [1.82, 2.24) is 9.88 Å². The number of aryl methyl sites for hydroxylation is 1. The van der Waals surface area contributed by atoms with Gasteiger partial charge in [0.05, 0.1) is 0 Å². The van der Waals surface area contributed by atoms with Crippen LogP contribution >= 0.6 is 0 Å². The molecule has 2 atom stereocenters. The van der Waals surface area contributed by atoms with E-state index in [2.05, 4.69) is 37.6 Å². The normalized spacial score (nSPS) is 16.4. The molecule has 1 aromatic heterocycles. The van der Waals surface area contributed by atoms with Gasteiger partial charge in [-0.1, -0.05) is 20.8 Å². The number of pyridine rings is 1. The Morgan fingerprint density at radius 3 is 2.42 bits per heavy atom. The van der Waals surface area contributed by atoms with Gasteiger partial charge in [-0.05, 0) is 45.0 Å². The third kappa shape index (κ3) is 3.07. The Kier molecular flexibility index (Phi) is 5.32. The molecular weight excluding hydrogens is 238 g/mol. The van der Waals surface area contributed by atoms with Crippen LogP contribution in [0.5, 0.6) is 0 Å². The summed E-state index contributed by atoms with van der Waals surface area (Å²) >= 11 is 0. The largest absolute Gasteiger partial charge is 0.386 e. The van der Waals surface area contributed by atoms with Gasteiger partial charge in [0.15, 0.2) is 0 Å². The molecule has 3 N–H and O–H groups in total. The fourth-order valence-electron chi connectivity index (χ4n) is 2.69. The van der Waals surface area contributed by atoms with E-state index < -0.39 is 6.10 Å². The second-order valence-corrected chi connectivity index (χ2v) is 5.27. The molecule has 1 rings (SSSR count). The van der Waals surface area contributed by atoms with Crippen molar-refractivity contribution in [1.29, 1.82) is 0 Å². The highest BCUT2D eigenvalue weighted by atomic mass is 16.3. The predicted octanol–water partition coefficient (Wildman–Crippen LogP) is 2.52. The summed E-state index contributed by atoms with van der Waals surface area (Å²) in [5.41, 5.74) is 7.36. The molecule has 1 heterocycles. The Labute approximate surface area is 116 Å². The summed E-state index contributed by atoms with van der Waals surface area (Å²) in [6.45, 7) is 12.2. The minimum atomic E-state index is -0.634. The van der Waals surface area contributed by atoms with Crippen LogP contribution in [0.25, 0.3) is 0 Å². The molecule has 0 fully saturated rings. The van der Waals surface area contributed by atoms with Crippen LogP contribution in [0, 0.1) is 6.92 Å². The quantitative estimate of drug-likeness (QED) is 0.829. The Morgan fingerprint density at radius 1 is 1.37 bits per heavy atom. The van der Waals surface area contributed by atoms with Crippen molar-refractivity contribution in [2.75, 3.05) is 18.8 Å². The van der Waals surface area contributed by atoms with Crippen molar-refractivity contribution in [3.63, 3.8) is 0 Å². The highest BCUT2D eigenvalue weighted by molar-refractivity contribution is 5.43. The van der Waals surface area contributed by atoms with Crippen LogP contribution in [0.15, 0.2) is 12.3 Å². The lowest BCUT2D eigenvalue weighted by Crippen LogP contribution is -2.50. The highest BCUT2D eigenvalue weighted by Crippen LogP contribution is 2.36. The molecule has 1 aromatic rings. The standard InChI is InChI=1S/C15H27N3O/c1-6-15(5,18(7-2)8-3)13(19)12-9-11(4)10-17-14(12)16/h9-10,13,19H,6-8H2,1-5H3,(H2,16,17). The molecule has 2 unspecified atom stereocenters. The molecular formula is C15H27N3O. The third-order valence-corrected chi connectivity index (χ3v) is 4.17. The average Bonchev–Trinajstić information content (AvgIpc) is 2.41. The van der Waals surface area contributed by atoms with Crippen LogP contribution in [0.1, 0.15) is 51.3 Å². The van der Waals surface area contributed by atoms with E-state index in [9.17, 15) is 5.11 Å². The Bertz CT molecular complexity index is 418. The summed E-state index contributed by atoms with van der Waals surface area (Å²) in [4.78, 5) is 6.44. The van der Waals surface area contributed by atoms with Crippen molar-refractivity contribution >= 4 is 5.82 Å². The second kappa shape index (κ2) is 6.35. The van der Waals surface area contributed by atoms with Crippen LogP contribution in [0.3, 0.4) is 0 Å². The summed E-state index contributed by atoms with van der Waals surface area (Å²) in [6.07, 6.45) is 1.94. The zero-order valence-electron chi connectivity index (χ0n) is 12.8. The Balaban J connectivity index is 3.20. The van der Waals surface area contributed by atoms with Crippen LogP contribution in [-0.4, -0.2) is 33.6 Å². The molecule has 0 aliphatic heterocycles. The lowest BCUT2D eigenvalue weighted by atomic mass is 9.85. The summed E-state index contributed by atoms with van der Waals surface area (Å²) in [6, 6.07) is 1.93. The maximum atomic E-state index is 10.8. The number of hydrogen-bond acceptors (Lipinski definition) is 4. The van der Waals surface area contributed by atoms with E-state index in [-0.39, 0.29) is 5.54 Å². The fraction of sp³-hybridized carbons (Fsp3) is 0.667. The minimum Gasteiger partial charge on any atom is -0.386 e. The summed E-state index contributed by atoms with van der Waals surface area (Å²) in [7, 11) is 0. The molecule has 0 aliphatic carbocycles. The number of hydrogen-bond donors (Lipinski definition) is 2. The molecule has 0 saturated carbocycles. The average molecular weight is 265 g/mol. The van der Waals surface area contributed by atoms with Crippen molar-refractivity contribution < 1.29 is 5.11 Å². The smallest absolute Gasteiger partial charge is 0.129 e. The minimum absolute atomic E-state index is 0.326. The fourth-order valence-corrected chi connectivity index (χ4v) is 2.69. The number of aromatic nitrogens is 1. The molecule has 4 heteroatoms. The lowest BCUT2D eigenvalue weighted by molar-refractivity contribution is -0.0211. The van der Waals surface area contributed by atoms with Gasteiger partial charge in [-0.3, -0.25) is 4.90 Å². The molecule has 0 spiro atoms. The van der Waals surface area contributed by atoms with Crippen LogP contribution in [0.4, 0.5) is 5.82 Å². The molecule has 0 bridgehead atoms. The number of nitrogen functional groups attached to an aromatic ring is 1. The predicted molar refractivity (Wildman–Crippen MR) is 80.0 cm³/mol. The highest BCUT2D eigenvalue weighted by Gasteiger charge is 2.37. The number of nitrogens with zero attached hydrogens (tertiary/aromatic N) is 2. The second-order valence-electron chi connectivity index (χ2n) is 5.27. The first-order chi connectivity index (χ1) is 8.90. The molecule has 4 nitrogen and oxygen atoms in total. The third-order valence-electron chi connectivity index (χ3n) is 4.17. The number of aliphatic hydroxyl groups is 1. The van der Waals surface area contributed by atoms with E-state index >= 15 is 0 Å². The zero-order chi connectivity index (χ0) is 14.6. The van der Waals surface area contributed by atoms with Crippen LogP contribution in [-0.2, 0) is 0 Å². The van der Waals surface area contributed by atoms with Gasteiger partial charge < -0.3 is 10.8 Å². The monoisotopic (exact) mass is 265 g/mol. The summed E-state index contributed by atoms with van der Waals surface area (Å²) < 4.78 is 0. The van der Waals surface area contributed by atoms with E-state index in [0.29, 0.717) is 5.82 Å². The number of nitrogens with two attached hydrogens (primary N) is 1. The molecule has 19 heavy (non-hydrogen) atoms. The maximum absolute atomic E-state index is 10.8. The van der Waals surface area contributed by atoms with Crippen molar-refractivity contribution in [2.45, 2.75) is 52.7 Å². The van der Waals surface area contributed by atoms with Crippen molar-refractivity contribution in [2.24, 2.45) is 0 Å².